The summed E-state index contributed by atoms with van der Waals surface area (Å²) in [5, 5.41) is 3.48. The smallest absolute Gasteiger partial charge is 0.416 e. The van der Waals surface area contributed by atoms with E-state index in [9.17, 15) is 22.8 Å². The number of methoxy groups -OCH3 is 1. The number of nitrogens with zero attached hydrogens (tertiary/aromatic N) is 3. The summed E-state index contributed by atoms with van der Waals surface area (Å²) in [5.74, 6) is -1.11. The third-order valence-corrected chi connectivity index (χ3v) is 7.56. The number of piperazine rings is 1. The van der Waals surface area contributed by atoms with Crippen molar-refractivity contribution < 1.29 is 27.5 Å². The molecule has 3 heterocycles. The zero-order valence-electron chi connectivity index (χ0n) is 24.1. The topological polar surface area (TPSA) is 90.6 Å². The number of alkyl halides is 3. The number of aromatic amines is 1. The lowest BCUT2D eigenvalue weighted by molar-refractivity contribution is -0.138. The number of aryl methyl sites for hydroxylation is 1. The molecule has 224 valence electrons. The van der Waals surface area contributed by atoms with E-state index in [1.807, 2.05) is 43.2 Å². The van der Waals surface area contributed by atoms with Crippen molar-refractivity contribution in [2.75, 3.05) is 45.7 Å². The van der Waals surface area contributed by atoms with Crippen molar-refractivity contribution in [3.8, 4) is 0 Å². The maximum absolute atomic E-state index is 14.0. The molecular weight excluding hydrogens is 559 g/mol. The van der Waals surface area contributed by atoms with Crippen molar-refractivity contribution in [3.05, 3.63) is 93.8 Å². The first-order chi connectivity index (χ1) is 20.5. The van der Waals surface area contributed by atoms with Gasteiger partial charge in [-0.25, -0.2) is 9.78 Å². The van der Waals surface area contributed by atoms with Crippen LogP contribution in [0.5, 0.6) is 0 Å². The Morgan fingerprint density at radius 2 is 1.81 bits per heavy atom. The third-order valence-electron chi connectivity index (χ3n) is 7.56. The Labute approximate surface area is 247 Å². The van der Waals surface area contributed by atoms with Gasteiger partial charge in [-0.2, -0.15) is 13.2 Å². The van der Waals surface area contributed by atoms with Crippen LogP contribution >= 0.6 is 0 Å². The summed E-state index contributed by atoms with van der Waals surface area (Å²) in [6.45, 7) is 5.06. The summed E-state index contributed by atoms with van der Waals surface area (Å²) in [5.41, 5.74) is 3.14. The molecule has 2 aromatic carbocycles. The fraction of sp³-hybridized carbons (Fsp3) is 0.281. The number of fused-ring (bicyclic) bond motifs is 1. The van der Waals surface area contributed by atoms with Crippen LogP contribution in [0.4, 0.5) is 18.9 Å². The van der Waals surface area contributed by atoms with E-state index in [1.54, 1.807) is 24.4 Å². The molecule has 1 aliphatic heterocycles. The number of anilines is 1. The average Bonchev–Trinajstić information content (AvgIpc) is 3.41. The molecule has 0 bridgehead atoms. The molecule has 8 nitrogen and oxygen atoms in total. The third kappa shape index (κ3) is 7.12. The minimum absolute atomic E-state index is 0.0654. The number of carbonyl (C=O) groups is 2. The van der Waals surface area contributed by atoms with Gasteiger partial charge >= 0.3 is 12.1 Å². The molecule has 0 saturated carbocycles. The highest BCUT2D eigenvalue weighted by Crippen LogP contribution is 2.34. The normalized spacial score (nSPS) is 14.8. The number of pyridine rings is 1. The zero-order chi connectivity index (χ0) is 30.7. The Morgan fingerprint density at radius 1 is 1.05 bits per heavy atom. The van der Waals surface area contributed by atoms with Gasteiger partial charge in [-0.1, -0.05) is 24.3 Å². The number of rotatable bonds is 7. The largest absolute Gasteiger partial charge is 0.464 e. The highest BCUT2D eigenvalue weighted by atomic mass is 19.4. The number of carbonyl (C=O) groups excluding carboxylic acids is 2. The maximum atomic E-state index is 14.0. The van der Waals surface area contributed by atoms with Gasteiger partial charge in [-0.3, -0.25) is 9.69 Å². The van der Waals surface area contributed by atoms with Gasteiger partial charge in [0.1, 0.15) is 11.3 Å². The van der Waals surface area contributed by atoms with E-state index < -0.39 is 23.6 Å². The predicted molar refractivity (Wildman–Crippen MR) is 160 cm³/mol. The van der Waals surface area contributed by atoms with Crippen LogP contribution < -0.4 is 5.32 Å². The second-order valence-electron chi connectivity index (χ2n) is 10.7. The molecule has 0 unspecified atom stereocenters. The van der Waals surface area contributed by atoms with Crippen molar-refractivity contribution in [2.24, 2.45) is 0 Å². The summed E-state index contributed by atoms with van der Waals surface area (Å²) in [6.07, 6.45) is 0.776. The van der Waals surface area contributed by atoms with Crippen molar-refractivity contribution in [1.29, 1.82) is 0 Å². The van der Waals surface area contributed by atoms with E-state index in [4.69, 9.17) is 4.74 Å². The minimum atomic E-state index is -4.58. The first kappa shape index (κ1) is 30.0. The van der Waals surface area contributed by atoms with Gasteiger partial charge in [-0.15, -0.1) is 0 Å². The lowest BCUT2D eigenvalue weighted by atomic mass is 10.0. The Hall–Kier alpha value is -4.48. The molecule has 1 fully saturated rings. The van der Waals surface area contributed by atoms with Crippen LogP contribution in [0, 0.1) is 6.92 Å². The van der Waals surface area contributed by atoms with Crippen LogP contribution in [0.25, 0.3) is 23.2 Å². The molecule has 2 aromatic heterocycles. The fourth-order valence-corrected chi connectivity index (χ4v) is 5.00. The summed E-state index contributed by atoms with van der Waals surface area (Å²) < 4.78 is 46.8. The number of hydrogen-bond donors (Lipinski definition) is 2. The molecule has 0 radical (unpaired) electrons. The van der Waals surface area contributed by atoms with Gasteiger partial charge in [0.2, 0.25) is 0 Å². The van der Waals surface area contributed by atoms with Gasteiger partial charge in [0.25, 0.3) is 5.91 Å². The van der Waals surface area contributed by atoms with Gasteiger partial charge in [0.05, 0.1) is 12.7 Å². The number of benzene rings is 2. The molecule has 1 saturated heterocycles. The molecule has 43 heavy (non-hydrogen) atoms. The van der Waals surface area contributed by atoms with Gasteiger partial charge < -0.3 is 19.9 Å². The van der Waals surface area contributed by atoms with E-state index in [-0.39, 0.29) is 17.7 Å². The highest BCUT2D eigenvalue weighted by molar-refractivity contribution is 6.04. The molecule has 2 N–H and O–H groups in total. The Bertz CT molecular complexity index is 1690. The Morgan fingerprint density at radius 3 is 2.53 bits per heavy atom. The summed E-state index contributed by atoms with van der Waals surface area (Å²) in [4.78, 5) is 36.2. The molecule has 0 aliphatic carbocycles. The molecule has 1 amide bonds. The average molecular weight is 592 g/mol. The number of esters is 1. The van der Waals surface area contributed by atoms with E-state index in [2.05, 4.69) is 20.2 Å². The number of aromatic nitrogens is 2. The molecule has 1 aliphatic rings. The van der Waals surface area contributed by atoms with E-state index in [1.165, 1.54) is 19.2 Å². The van der Waals surface area contributed by atoms with Crippen LogP contribution in [-0.4, -0.2) is 72.0 Å². The van der Waals surface area contributed by atoms with Crippen LogP contribution in [0.3, 0.4) is 0 Å². The molecule has 0 atom stereocenters. The maximum Gasteiger partial charge on any atom is 0.416 e. The molecule has 4 aromatic rings. The van der Waals surface area contributed by atoms with Crippen molar-refractivity contribution in [1.82, 2.24) is 19.8 Å². The monoisotopic (exact) mass is 591 g/mol. The molecule has 5 rings (SSSR count). The number of H-pyrrole nitrogens is 1. The first-order valence-corrected chi connectivity index (χ1v) is 13.8. The quantitative estimate of drug-likeness (QED) is 0.262. The van der Waals surface area contributed by atoms with E-state index >= 15 is 0 Å². The number of likely N-dealkylation sites (N-methyl/N-ethyl adjacent to an activating group) is 1. The number of halogens is 3. The first-order valence-electron chi connectivity index (χ1n) is 13.8. The van der Waals surface area contributed by atoms with E-state index in [0.29, 0.717) is 30.1 Å². The SMILES string of the molecule is COC(=O)c1cc2cc(C=Cc3cc(NC(=O)c4ccc(CN5CCN(C)CC5)c(C(F)(F)F)c4)ccc3C)cnc2[nH]1. The lowest BCUT2D eigenvalue weighted by Gasteiger charge is -2.33. The predicted octanol–water partition coefficient (Wildman–Crippen LogP) is 5.85. The Kier molecular flexibility index (Phi) is 8.65. The molecule has 11 heteroatoms. The van der Waals surface area contributed by atoms with Crippen LogP contribution in [-0.2, 0) is 17.5 Å². The van der Waals surface area contributed by atoms with Crippen molar-refractivity contribution in [3.63, 3.8) is 0 Å². The van der Waals surface area contributed by atoms with Gasteiger partial charge in [0, 0.05) is 55.6 Å². The fourth-order valence-electron chi connectivity index (χ4n) is 5.00. The number of nitrogens with one attached hydrogen (secondary N) is 2. The number of hydrogen-bond acceptors (Lipinski definition) is 6. The number of amides is 1. The van der Waals surface area contributed by atoms with Crippen LogP contribution in [0.15, 0.2) is 54.7 Å². The highest BCUT2D eigenvalue weighted by Gasteiger charge is 2.34. The summed E-state index contributed by atoms with van der Waals surface area (Å²) in [6, 6.07) is 12.6. The molecule has 0 spiro atoms. The lowest BCUT2D eigenvalue weighted by Crippen LogP contribution is -2.44. The second kappa shape index (κ2) is 12.4. The van der Waals surface area contributed by atoms with E-state index in [0.717, 1.165) is 41.2 Å². The van der Waals surface area contributed by atoms with Gasteiger partial charge in [-0.05, 0) is 72.6 Å². The number of ether oxygens (including phenoxy) is 1. The Balaban J connectivity index is 1.32. The van der Waals surface area contributed by atoms with Crippen LogP contribution in [0.1, 0.15) is 48.7 Å². The van der Waals surface area contributed by atoms with Crippen LogP contribution in [0.2, 0.25) is 0 Å². The van der Waals surface area contributed by atoms with Gasteiger partial charge in [0.15, 0.2) is 0 Å². The molecular formula is C32H32F3N5O3. The minimum Gasteiger partial charge on any atom is -0.464 e. The van der Waals surface area contributed by atoms with Crippen molar-refractivity contribution >= 4 is 40.7 Å². The van der Waals surface area contributed by atoms with Crippen molar-refractivity contribution in [2.45, 2.75) is 19.6 Å². The summed E-state index contributed by atoms with van der Waals surface area (Å²) in [7, 11) is 3.30. The second-order valence-corrected chi connectivity index (χ2v) is 10.7. The zero-order valence-corrected chi connectivity index (χ0v) is 24.1. The summed E-state index contributed by atoms with van der Waals surface area (Å²) >= 11 is 0. The standard InChI is InChI=1S/C32H32F3N5O3/c1-20-4-9-26(15-22(20)6-5-21-14-25-17-28(31(42)43-3)38-29(25)36-18-21)37-30(41)23-7-8-24(27(16-23)32(33,34)35)19-40-12-10-39(2)11-13-40/h4-9,14-18H,10-13,19H2,1-3H3,(H,36,38)(H,37,41).